The van der Waals surface area contributed by atoms with Crippen molar-refractivity contribution in [3.63, 3.8) is 0 Å². The second kappa shape index (κ2) is 10.0. The van der Waals surface area contributed by atoms with E-state index in [2.05, 4.69) is 10.2 Å². The highest BCUT2D eigenvalue weighted by Crippen LogP contribution is 2.22. The van der Waals surface area contributed by atoms with E-state index in [0.717, 1.165) is 18.4 Å². The quantitative estimate of drug-likeness (QED) is 0.711. The van der Waals surface area contributed by atoms with Gasteiger partial charge in [-0.3, -0.25) is 14.5 Å². The first kappa shape index (κ1) is 22.4. The van der Waals surface area contributed by atoms with E-state index in [0.29, 0.717) is 32.5 Å². The van der Waals surface area contributed by atoms with Crippen LogP contribution in [0.15, 0.2) is 30.3 Å². The van der Waals surface area contributed by atoms with E-state index in [4.69, 9.17) is 0 Å². The van der Waals surface area contributed by atoms with E-state index < -0.39 is 5.60 Å². The summed E-state index contributed by atoms with van der Waals surface area (Å²) >= 11 is 0. The molecule has 6 heteroatoms. The number of likely N-dealkylation sites (N-methyl/N-ethyl adjacent to an activating group) is 1. The number of hydrogen-bond donors (Lipinski definition) is 2. The Bertz CT molecular complexity index is 638. The smallest absolute Gasteiger partial charge is 0.254 e. The molecule has 1 aliphatic rings. The highest BCUT2D eigenvalue weighted by Gasteiger charge is 2.36. The van der Waals surface area contributed by atoms with Gasteiger partial charge in [0.05, 0.1) is 6.54 Å². The molecule has 0 spiro atoms. The van der Waals surface area contributed by atoms with Gasteiger partial charge in [0, 0.05) is 25.2 Å². The van der Waals surface area contributed by atoms with Crippen LogP contribution in [0.2, 0.25) is 0 Å². The summed E-state index contributed by atoms with van der Waals surface area (Å²) in [4.78, 5) is 28.6. The van der Waals surface area contributed by atoms with Gasteiger partial charge in [0.1, 0.15) is 5.60 Å². The van der Waals surface area contributed by atoms with E-state index in [1.807, 2.05) is 51.2 Å². The first-order valence-electron chi connectivity index (χ1n) is 10.2. The Hall–Kier alpha value is -1.92. The van der Waals surface area contributed by atoms with Crippen molar-refractivity contribution in [1.29, 1.82) is 0 Å². The second-order valence-electron chi connectivity index (χ2n) is 8.42. The molecule has 0 saturated carbocycles. The molecule has 1 saturated heterocycles. The number of aryl methyl sites for hydroxylation is 1. The number of piperidine rings is 1. The summed E-state index contributed by atoms with van der Waals surface area (Å²) in [5.41, 5.74) is -0.235. The number of carbonyl (C=O) groups is 2. The van der Waals surface area contributed by atoms with Gasteiger partial charge in [-0.2, -0.15) is 0 Å². The number of amides is 2. The van der Waals surface area contributed by atoms with Gasteiger partial charge in [0.25, 0.3) is 5.91 Å². The Kier molecular flexibility index (Phi) is 8.01. The molecule has 1 heterocycles. The zero-order valence-corrected chi connectivity index (χ0v) is 17.6. The van der Waals surface area contributed by atoms with Crippen LogP contribution in [0.25, 0.3) is 0 Å². The number of carbonyl (C=O) groups excluding carboxylic acids is 2. The monoisotopic (exact) mass is 389 g/mol. The lowest BCUT2D eigenvalue weighted by Gasteiger charge is -2.39. The molecule has 0 aromatic heterocycles. The predicted molar refractivity (Wildman–Crippen MR) is 111 cm³/mol. The van der Waals surface area contributed by atoms with Crippen molar-refractivity contribution < 1.29 is 14.7 Å². The van der Waals surface area contributed by atoms with E-state index in [1.54, 1.807) is 11.8 Å². The minimum atomic E-state index is -1.36. The van der Waals surface area contributed by atoms with Crippen molar-refractivity contribution in [2.75, 3.05) is 26.7 Å². The molecule has 1 aromatic rings. The highest BCUT2D eigenvalue weighted by atomic mass is 16.3. The predicted octanol–water partition coefficient (Wildman–Crippen LogP) is 1.82. The summed E-state index contributed by atoms with van der Waals surface area (Å²) < 4.78 is 0. The molecule has 1 aromatic carbocycles. The van der Waals surface area contributed by atoms with Gasteiger partial charge in [0.2, 0.25) is 5.91 Å². The molecule has 28 heavy (non-hydrogen) atoms. The third-order valence-corrected chi connectivity index (χ3v) is 5.42. The lowest BCUT2D eigenvalue weighted by molar-refractivity contribution is -0.152. The van der Waals surface area contributed by atoms with Crippen molar-refractivity contribution in [1.82, 2.24) is 15.1 Å². The molecule has 2 rings (SSSR count). The SMILES string of the molecule is CC(C)NC(=O)CN(C)C1CCN(C(=O)C(C)(O)CCc2ccccc2)CC1. The number of aliphatic hydroxyl groups is 1. The molecule has 156 valence electrons. The van der Waals surface area contributed by atoms with Crippen LogP contribution in [0.1, 0.15) is 45.6 Å². The number of likely N-dealkylation sites (tertiary alicyclic amines) is 1. The van der Waals surface area contributed by atoms with E-state index in [1.165, 1.54) is 0 Å². The maximum absolute atomic E-state index is 12.8. The molecule has 1 unspecified atom stereocenters. The Labute approximate surface area is 168 Å². The molecule has 2 amide bonds. The van der Waals surface area contributed by atoms with Crippen LogP contribution in [-0.4, -0.2) is 71.1 Å². The van der Waals surface area contributed by atoms with E-state index in [9.17, 15) is 14.7 Å². The summed E-state index contributed by atoms with van der Waals surface area (Å²) in [5.74, 6) is -0.165. The van der Waals surface area contributed by atoms with Crippen molar-refractivity contribution >= 4 is 11.8 Å². The average Bonchev–Trinajstić information content (AvgIpc) is 2.66. The summed E-state index contributed by atoms with van der Waals surface area (Å²) in [5, 5.41) is 13.6. The summed E-state index contributed by atoms with van der Waals surface area (Å²) in [7, 11) is 1.96. The third-order valence-electron chi connectivity index (χ3n) is 5.42. The minimum Gasteiger partial charge on any atom is -0.380 e. The number of hydrogen-bond acceptors (Lipinski definition) is 4. The Morgan fingerprint density at radius 1 is 1.25 bits per heavy atom. The summed E-state index contributed by atoms with van der Waals surface area (Å²) in [6.07, 6.45) is 2.70. The Morgan fingerprint density at radius 3 is 2.43 bits per heavy atom. The first-order valence-corrected chi connectivity index (χ1v) is 10.2. The summed E-state index contributed by atoms with van der Waals surface area (Å²) in [6.45, 7) is 7.11. The van der Waals surface area contributed by atoms with Gasteiger partial charge >= 0.3 is 0 Å². The fourth-order valence-electron chi connectivity index (χ4n) is 3.71. The molecule has 0 radical (unpaired) electrons. The minimum absolute atomic E-state index is 0.0276. The molecular weight excluding hydrogens is 354 g/mol. The largest absolute Gasteiger partial charge is 0.380 e. The number of benzene rings is 1. The van der Waals surface area contributed by atoms with Gasteiger partial charge in [-0.1, -0.05) is 30.3 Å². The van der Waals surface area contributed by atoms with Gasteiger partial charge < -0.3 is 15.3 Å². The van der Waals surface area contributed by atoms with Crippen molar-refractivity contribution in [3.8, 4) is 0 Å². The average molecular weight is 390 g/mol. The van der Waals surface area contributed by atoms with Gasteiger partial charge in [0.15, 0.2) is 0 Å². The molecule has 6 nitrogen and oxygen atoms in total. The highest BCUT2D eigenvalue weighted by molar-refractivity contribution is 5.84. The van der Waals surface area contributed by atoms with Crippen LogP contribution in [-0.2, 0) is 16.0 Å². The summed E-state index contributed by atoms with van der Waals surface area (Å²) in [6, 6.07) is 10.3. The van der Waals surface area contributed by atoms with Crippen LogP contribution < -0.4 is 5.32 Å². The standard InChI is InChI=1S/C22H35N3O3/c1-17(2)23-20(26)16-24(4)19-11-14-25(15-12-19)21(27)22(3,28)13-10-18-8-6-5-7-9-18/h5-9,17,19,28H,10-16H2,1-4H3,(H,23,26). The second-order valence-corrected chi connectivity index (χ2v) is 8.42. The third kappa shape index (κ3) is 6.60. The molecule has 1 aliphatic heterocycles. The van der Waals surface area contributed by atoms with Crippen molar-refractivity contribution in [3.05, 3.63) is 35.9 Å². The Morgan fingerprint density at radius 2 is 1.86 bits per heavy atom. The normalized spacial score (nSPS) is 17.6. The van der Waals surface area contributed by atoms with Crippen LogP contribution in [0, 0.1) is 0 Å². The van der Waals surface area contributed by atoms with Crippen LogP contribution >= 0.6 is 0 Å². The fraction of sp³-hybridized carbons (Fsp3) is 0.636. The molecule has 2 N–H and O–H groups in total. The topological polar surface area (TPSA) is 72.9 Å². The molecule has 1 atom stereocenters. The lowest BCUT2D eigenvalue weighted by atomic mass is 9.93. The number of rotatable bonds is 8. The van der Waals surface area contributed by atoms with Gasteiger partial charge in [-0.25, -0.2) is 0 Å². The molecule has 0 aliphatic carbocycles. The van der Waals surface area contributed by atoms with Crippen molar-refractivity contribution in [2.45, 2.75) is 64.1 Å². The van der Waals surface area contributed by atoms with Gasteiger partial charge in [-0.15, -0.1) is 0 Å². The van der Waals surface area contributed by atoms with Crippen LogP contribution in [0.4, 0.5) is 0 Å². The lowest BCUT2D eigenvalue weighted by Crippen LogP contribution is -2.53. The first-order chi connectivity index (χ1) is 13.2. The zero-order chi connectivity index (χ0) is 20.7. The maximum Gasteiger partial charge on any atom is 0.254 e. The van der Waals surface area contributed by atoms with Crippen molar-refractivity contribution in [2.24, 2.45) is 0 Å². The van der Waals surface area contributed by atoms with Crippen LogP contribution in [0.3, 0.4) is 0 Å². The zero-order valence-electron chi connectivity index (χ0n) is 17.6. The van der Waals surface area contributed by atoms with E-state index >= 15 is 0 Å². The molecule has 1 fully saturated rings. The van der Waals surface area contributed by atoms with E-state index in [-0.39, 0.29) is 23.9 Å². The molecule has 0 bridgehead atoms. The number of nitrogens with one attached hydrogen (secondary N) is 1. The van der Waals surface area contributed by atoms with Crippen LogP contribution in [0.5, 0.6) is 0 Å². The van der Waals surface area contributed by atoms with Gasteiger partial charge in [-0.05, 0) is 59.1 Å². The number of nitrogens with zero attached hydrogens (tertiary/aromatic N) is 2. The fourth-order valence-corrected chi connectivity index (χ4v) is 3.71. The Balaban J connectivity index is 1.81. The maximum atomic E-state index is 12.8. The molecular formula is C22H35N3O3.